The van der Waals surface area contributed by atoms with Crippen LogP contribution in [0.5, 0.6) is 5.75 Å². The number of urea groups is 1. The summed E-state index contributed by atoms with van der Waals surface area (Å²) in [6.07, 6.45) is 0.890. The lowest BCUT2D eigenvalue weighted by atomic mass is 10.0. The molecule has 0 bridgehead atoms. The maximum atomic E-state index is 13.5. The van der Waals surface area contributed by atoms with Crippen molar-refractivity contribution in [2.75, 3.05) is 5.32 Å². The SMILES string of the molecule is Cc1ccc([C@H](CC(=O)O)NC(=O)Nc2c(O)ccn(Cc3cc(F)ccc3Cl)c2=O)cc1. The van der Waals surface area contributed by atoms with E-state index in [1.165, 1.54) is 30.5 Å². The minimum atomic E-state index is -1.13. The fraction of sp³-hybridized carbons (Fsp3) is 0.174. The van der Waals surface area contributed by atoms with Crippen molar-refractivity contribution in [2.45, 2.75) is 25.9 Å². The van der Waals surface area contributed by atoms with Gasteiger partial charge in [0, 0.05) is 11.2 Å². The van der Waals surface area contributed by atoms with Crippen LogP contribution in [-0.2, 0) is 11.3 Å². The first kappa shape index (κ1) is 23.8. The molecule has 33 heavy (non-hydrogen) atoms. The predicted octanol–water partition coefficient (Wildman–Crippen LogP) is 4.04. The Kier molecular flexibility index (Phi) is 7.34. The smallest absolute Gasteiger partial charge is 0.319 e. The average molecular weight is 474 g/mol. The molecule has 1 aromatic heterocycles. The first-order chi connectivity index (χ1) is 15.6. The molecule has 0 spiro atoms. The molecule has 2 amide bonds. The number of aromatic hydroxyl groups is 1. The molecule has 4 N–H and O–H groups in total. The number of hydrogen-bond acceptors (Lipinski definition) is 4. The van der Waals surface area contributed by atoms with Crippen LogP contribution in [0.15, 0.2) is 59.5 Å². The highest BCUT2D eigenvalue weighted by atomic mass is 35.5. The molecule has 1 heterocycles. The normalized spacial score (nSPS) is 11.6. The number of nitrogens with zero attached hydrogens (tertiary/aromatic N) is 1. The van der Waals surface area contributed by atoms with Crippen LogP contribution in [0.4, 0.5) is 14.9 Å². The number of aromatic nitrogens is 1. The third-order valence-electron chi connectivity index (χ3n) is 4.89. The zero-order valence-corrected chi connectivity index (χ0v) is 18.3. The van der Waals surface area contributed by atoms with Crippen molar-refractivity contribution in [3.8, 4) is 5.75 Å². The fourth-order valence-electron chi connectivity index (χ4n) is 3.19. The van der Waals surface area contributed by atoms with Crippen LogP contribution in [0.25, 0.3) is 0 Å². The Balaban J connectivity index is 1.82. The molecule has 0 saturated carbocycles. The van der Waals surface area contributed by atoms with E-state index in [9.17, 15) is 29.0 Å². The number of carboxylic acid groups (broad SMARTS) is 1. The summed E-state index contributed by atoms with van der Waals surface area (Å²) in [5, 5.41) is 24.4. The predicted molar refractivity (Wildman–Crippen MR) is 121 cm³/mol. The van der Waals surface area contributed by atoms with Crippen LogP contribution in [0.2, 0.25) is 5.02 Å². The number of carbonyl (C=O) groups excluding carboxylic acids is 1. The molecular formula is C23H21ClFN3O5. The summed E-state index contributed by atoms with van der Waals surface area (Å²) < 4.78 is 14.7. The van der Waals surface area contributed by atoms with E-state index >= 15 is 0 Å². The number of pyridine rings is 1. The molecule has 10 heteroatoms. The number of hydrogen-bond donors (Lipinski definition) is 4. The number of aryl methyl sites for hydroxylation is 1. The third-order valence-corrected chi connectivity index (χ3v) is 5.26. The molecule has 0 aliphatic carbocycles. The van der Waals surface area contributed by atoms with Crippen molar-refractivity contribution in [3.63, 3.8) is 0 Å². The van der Waals surface area contributed by atoms with Crippen molar-refractivity contribution < 1.29 is 24.2 Å². The number of carboxylic acids is 1. The molecule has 8 nitrogen and oxygen atoms in total. The van der Waals surface area contributed by atoms with Crippen LogP contribution < -0.4 is 16.2 Å². The van der Waals surface area contributed by atoms with Gasteiger partial charge in [-0.3, -0.25) is 9.59 Å². The summed E-state index contributed by atoms with van der Waals surface area (Å²) in [5.74, 6) is -2.14. The minimum absolute atomic E-state index is 0.100. The van der Waals surface area contributed by atoms with Crippen molar-refractivity contribution in [2.24, 2.45) is 0 Å². The fourth-order valence-corrected chi connectivity index (χ4v) is 3.37. The second-order valence-electron chi connectivity index (χ2n) is 7.40. The maximum absolute atomic E-state index is 13.5. The first-order valence-corrected chi connectivity index (χ1v) is 10.2. The molecule has 3 rings (SSSR count). The summed E-state index contributed by atoms with van der Waals surface area (Å²) in [7, 11) is 0. The van der Waals surface area contributed by atoms with E-state index in [2.05, 4.69) is 10.6 Å². The first-order valence-electron chi connectivity index (χ1n) is 9.86. The second-order valence-corrected chi connectivity index (χ2v) is 7.81. The zero-order chi connectivity index (χ0) is 24.1. The van der Waals surface area contributed by atoms with E-state index in [-0.39, 0.29) is 18.0 Å². The summed E-state index contributed by atoms with van der Waals surface area (Å²) in [5.41, 5.74) is 0.691. The molecular weight excluding hydrogens is 453 g/mol. The number of nitrogens with one attached hydrogen (secondary N) is 2. The summed E-state index contributed by atoms with van der Waals surface area (Å²) >= 11 is 6.06. The van der Waals surface area contributed by atoms with E-state index in [4.69, 9.17) is 11.6 Å². The van der Waals surface area contributed by atoms with Gasteiger partial charge in [0.15, 0.2) is 5.69 Å². The van der Waals surface area contributed by atoms with Gasteiger partial charge in [-0.15, -0.1) is 0 Å². The quantitative estimate of drug-likeness (QED) is 0.412. The summed E-state index contributed by atoms with van der Waals surface area (Å²) in [6, 6.07) is 10.1. The Labute approximate surface area is 193 Å². The average Bonchev–Trinajstić information content (AvgIpc) is 2.75. The lowest BCUT2D eigenvalue weighted by Crippen LogP contribution is -2.36. The Hall–Kier alpha value is -3.85. The van der Waals surface area contributed by atoms with Crippen LogP contribution in [0.3, 0.4) is 0 Å². The number of carbonyl (C=O) groups is 2. The Morgan fingerprint density at radius 1 is 1.15 bits per heavy atom. The van der Waals surface area contributed by atoms with E-state index < -0.39 is 40.9 Å². The molecule has 0 aliphatic rings. The van der Waals surface area contributed by atoms with Gasteiger partial charge >= 0.3 is 12.0 Å². The number of aliphatic carboxylic acids is 1. The highest BCUT2D eigenvalue weighted by molar-refractivity contribution is 6.31. The monoisotopic (exact) mass is 473 g/mol. The molecule has 0 saturated heterocycles. The Morgan fingerprint density at radius 3 is 2.52 bits per heavy atom. The van der Waals surface area contributed by atoms with Crippen LogP contribution >= 0.6 is 11.6 Å². The van der Waals surface area contributed by atoms with Gasteiger partial charge < -0.3 is 25.4 Å². The topological polar surface area (TPSA) is 121 Å². The van der Waals surface area contributed by atoms with Gasteiger partial charge in [-0.1, -0.05) is 41.4 Å². The van der Waals surface area contributed by atoms with Crippen molar-refractivity contribution in [1.29, 1.82) is 0 Å². The van der Waals surface area contributed by atoms with Gasteiger partial charge in [0.05, 0.1) is 19.0 Å². The number of halogens is 2. The van der Waals surface area contributed by atoms with E-state index in [1.54, 1.807) is 24.3 Å². The van der Waals surface area contributed by atoms with Crippen LogP contribution in [0, 0.1) is 12.7 Å². The van der Waals surface area contributed by atoms with Crippen molar-refractivity contribution in [1.82, 2.24) is 9.88 Å². The number of amides is 2. The second kappa shape index (κ2) is 10.2. The van der Waals surface area contributed by atoms with Crippen molar-refractivity contribution in [3.05, 3.63) is 92.6 Å². The lowest BCUT2D eigenvalue weighted by molar-refractivity contribution is -0.137. The van der Waals surface area contributed by atoms with Gasteiger partial charge in [-0.05, 0) is 42.3 Å². The molecule has 0 radical (unpaired) electrons. The van der Waals surface area contributed by atoms with Gasteiger partial charge in [0.25, 0.3) is 5.56 Å². The standard InChI is InChI=1S/C23H21ClFN3O5/c1-13-2-4-14(5-3-13)18(11-20(30)31)26-23(33)27-21-19(29)8-9-28(22(21)32)12-15-10-16(25)6-7-17(15)24/h2-10,18,29H,11-12H2,1H3,(H,30,31)(H2,26,27,33)/t18-/m0/s1. The number of rotatable bonds is 7. The van der Waals surface area contributed by atoms with Gasteiger partial charge in [0.1, 0.15) is 11.6 Å². The Bertz CT molecular complexity index is 1240. The minimum Gasteiger partial charge on any atom is -0.505 e. The maximum Gasteiger partial charge on any atom is 0.319 e. The molecule has 0 fully saturated rings. The molecule has 0 aliphatic heterocycles. The van der Waals surface area contributed by atoms with Gasteiger partial charge in [-0.25, -0.2) is 9.18 Å². The highest BCUT2D eigenvalue weighted by Gasteiger charge is 2.20. The van der Waals surface area contributed by atoms with Gasteiger partial charge in [-0.2, -0.15) is 0 Å². The molecule has 0 unspecified atom stereocenters. The number of anilines is 1. The van der Waals surface area contributed by atoms with Crippen LogP contribution in [-0.4, -0.2) is 26.8 Å². The van der Waals surface area contributed by atoms with E-state index in [1.807, 2.05) is 6.92 Å². The van der Waals surface area contributed by atoms with Gasteiger partial charge in [0.2, 0.25) is 0 Å². The number of benzene rings is 2. The third kappa shape index (κ3) is 6.11. The zero-order valence-electron chi connectivity index (χ0n) is 17.5. The molecule has 172 valence electrons. The Morgan fingerprint density at radius 2 is 1.85 bits per heavy atom. The molecule has 3 aromatic rings. The summed E-state index contributed by atoms with van der Waals surface area (Å²) in [6.45, 7) is 1.77. The molecule has 2 aromatic carbocycles. The largest absolute Gasteiger partial charge is 0.505 e. The van der Waals surface area contributed by atoms with E-state index in [0.29, 0.717) is 11.1 Å². The molecule has 1 atom stereocenters. The van der Waals surface area contributed by atoms with Crippen LogP contribution in [0.1, 0.15) is 29.2 Å². The highest BCUT2D eigenvalue weighted by Crippen LogP contribution is 2.22. The van der Waals surface area contributed by atoms with Crippen molar-refractivity contribution >= 4 is 29.3 Å². The summed E-state index contributed by atoms with van der Waals surface area (Å²) in [4.78, 5) is 36.7. The lowest BCUT2D eigenvalue weighted by Gasteiger charge is -2.19. The van der Waals surface area contributed by atoms with E-state index in [0.717, 1.165) is 10.1 Å².